The van der Waals surface area contributed by atoms with E-state index in [-0.39, 0.29) is 23.5 Å². The fourth-order valence-electron chi connectivity index (χ4n) is 2.85. The Labute approximate surface area is 165 Å². The molecule has 1 saturated heterocycles. The van der Waals surface area contributed by atoms with E-state index in [0.717, 1.165) is 36.6 Å². The van der Waals surface area contributed by atoms with Crippen LogP contribution in [-0.4, -0.2) is 23.2 Å². The highest BCUT2D eigenvalue weighted by atomic mass is 19.2. The van der Waals surface area contributed by atoms with E-state index in [4.69, 9.17) is 4.74 Å². The third-order valence-electron chi connectivity index (χ3n) is 4.27. The zero-order chi connectivity index (χ0) is 21.3. The van der Waals surface area contributed by atoms with Crippen LogP contribution in [-0.2, 0) is 11.2 Å². The first-order valence-electron chi connectivity index (χ1n) is 9.60. The number of rotatable bonds is 3. The summed E-state index contributed by atoms with van der Waals surface area (Å²) < 4.78 is 35.0. The second-order valence-corrected chi connectivity index (χ2v) is 6.14. The number of aromatic amines is 1. The Bertz CT molecular complexity index is 809. The molecule has 0 amide bonds. The number of ether oxygens (including phenoxy) is 2. The molecule has 0 aliphatic carbocycles. The molecule has 3 rings (SSSR count). The van der Waals surface area contributed by atoms with Gasteiger partial charge in [-0.15, -0.1) is 0 Å². The fourth-order valence-corrected chi connectivity index (χ4v) is 2.85. The lowest BCUT2D eigenvalue weighted by atomic mass is 10.1. The van der Waals surface area contributed by atoms with Gasteiger partial charge in [-0.2, -0.15) is 4.39 Å². The number of benzene rings is 1. The molecule has 1 aromatic heterocycles. The summed E-state index contributed by atoms with van der Waals surface area (Å²) in [7, 11) is 1.29. The zero-order valence-corrected chi connectivity index (χ0v) is 17.4. The molecule has 2 heterocycles. The molecule has 0 spiro atoms. The average molecular weight is 396 g/mol. The van der Waals surface area contributed by atoms with Crippen LogP contribution in [0.4, 0.5) is 8.78 Å². The molecule has 7 heteroatoms. The van der Waals surface area contributed by atoms with Crippen molar-refractivity contribution in [1.82, 2.24) is 9.97 Å². The summed E-state index contributed by atoms with van der Waals surface area (Å²) >= 11 is 0. The number of hydrogen-bond donors (Lipinski definition) is 1. The standard InChI is InChI=1S/C12H18N2O2.C7H6F2O.C2H6/c1-4-9-8(3)13-11(14-12(9)15)10-6-5-7(2)16-10;1-10-6-4-2-3-5(8)7(6)9;1-2/h7,10H,4-6H2,1-3H3,(H,13,14,15);2-4H,1H3;1-2H3. The maximum absolute atomic E-state index is 12.5. The van der Waals surface area contributed by atoms with Gasteiger partial charge in [0.1, 0.15) is 11.9 Å². The molecule has 0 saturated carbocycles. The third-order valence-corrected chi connectivity index (χ3v) is 4.27. The van der Waals surface area contributed by atoms with Crippen molar-refractivity contribution in [3.05, 3.63) is 57.3 Å². The summed E-state index contributed by atoms with van der Waals surface area (Å²) in [5.74, 6) is -1.21. The molecule has 28 heavy (non-hydrogen) atoms. The van der Waals surface area contributed by atoms with Crippen LogP contribution in [0.15, 0.2) is 23.0 Å². The van der Waals surface area contributed by atoms with Gasteiger partial charge in [0, 0.05) is 11.3 Å². The molecule has 1 N–H and O–H groups in total. The zero-order valence-electron chi connectivity index (χ0n) is 17.4. The van der Waals surface area contributed by atoms with Crippen molar-refractivity contribution in [2.75, 3.05) is 7.11 Å². The summed E-state index contributed by atoms with van der Waals surface area (Å²) in [6, 6.07) is 3.79. The Morgan fingerprint density at radius 1 is 1.29 bits per heavy atom. The van der Waals surface area contributed by atoms with Crippen molar-refractivity contribution < 1.29 is 18.3 Å². The summed E-state index contributed by atoms with van der Waals surface area (Å²) in [5, 5.41) is 0. The number of H-pyrrole nitrogens is 1. The number of methoxy groups -OCH3 is 1. The highest BCUT2D eigenvalue weighted by Crippen LogP contribution is 2.30. The van der Waals surface area contributed by atoms with Crippen molar-refractivity contribution in [2.24, 2.45) is 0 Å². The van der Waals surface area contributed by atoms with E-state index >= 15 is 0 Å². The fraction of sp³-hybridized carbons (Fsp3) is 0.524. The van der Waals surface area contributed by atoms with Gasteiger partial charge in [0.25, 0.3) is 5.56 Å². The van der Waals surface area contributed by atoms with Crippen molar-refractivity contribution >= 4 is 0 Å². The summed E-state index contributed by atoms with van der Waals surface area (Å²) in [6.07, 6.45) is 2.92. The first-order valence-corrected chi connectivity index (χ1v) is 9.60. The highest BCUT2D eigenvalue weighted by Gasteiger charge is 2.25. The number of aryl methyl sites for hydroxylation is 1. The van der Waals surface area contributed by atoms with Gasteiger partial charge in [0.15, 0.2) is 11.6 Å². The first-order chi connectivity index (χ1) is 13.4. The van der Waals surface area contributed by atoms with Crippen LogP contribution in [0, 0.1) is 18.6 Å². The SMILES string of the molecule is CC.CCc1c(C)nc(C2CCC(C)O2)[nH]c1=O.COc1cccc(F)c1F. The molecule has 2 atom stereocenters. The molecule has 156 valence electrons. The summed E-state index contributed by atoms with van der Waals surface area (Å²) in [4.78, 5) is 19.1. The van der Waals surface area contributed by atoms with Gasteiger partial charge < -0.3 is 14.5 Å². The van der Waals surface area contributed by atoms with E-state index in [2.05, 4.69) is 14.7 Å². The molecule has 1 fully saturated rings. The molecular weight excluding hydrogens is 366 g/mol. The van der Waals surface area contributed by atoms with E-state index in [9.17, 15) is 13.6 Å². The topological polar surface area (TPSA) is 64.2 Å². The van der Waals surface area contributed by atoms with Crippen LogP contribution in [0.1, 0.15) is 63.7 Å². The minimum Gasteiger partial charge on any atom is -0.494 e. The van der Waals surface area contributed by atoms with Crippen molar-refractivity contribution in [3.8, 4) is 5.75 Å². The van der Waals surface area contributed by atoms with E-state index in [1.165, 1.54) is 19.2 Å². The van der Waals surface area contributed by atoms with Crippen LogP contribution in [0.3, 0.4) is 0 Å². The Morgan fingerprint density at radius 3 is 2.43 bits per heavy atom. The maximum Gasteiger partial charge on any atom is 0.254 e. The van der Waals surface area contributed by atoms with Crippen LogP contribution < -0.4 is 10.3 Å². The third kappa shape index (κ3) is 6.12. The smallest absolute Gasteiger partial charge is 0.254 e. The summed E-state index contributed by atoms with van der Waals surface area (Å²) in [6.45, 7) is 9.90. The Hall–Kier alpha value is -2.28. The van der Waals surface area contributed by atoms with Crippen molar-refractivity contribution in [2.45, 2.75) is 66.1 Å². The van der Waals surface area contributed by atoms with Gasteiger partial charge in [0.05, 0.1) is 13.2 Å². The maximum atomic E-state index is 12.5. The average Bonchev–Trinajstić information content (AvgIpc) is 3.12. The molecule has 0 radical (unpaired) electrons. The van der Waals surface area contributed by atoms with E-state index in [1.807, 2.05) is 34.6 Å². The first kappa shape index (κ1) is 23.8. The molecule has 5 nitrogen and oxygen atoms in total. The second-order valence-electron chi connectivity index (χ2n) is 6.14. The number of nitrogens with one attached hydrogen (secondary N) is 1. The van der Waals surface area contributed by atoms with Crippen LogP contribution >= 0.6 is 0 Å². The number of aromatic nitrogens is 2. The van der Waals surface area contributed by atoms with E-state index in [1.54, 1.807) is 0 Å². The number of halogens is 2. The van der Waals surface area contributed by atoms with Crippen LogP contribution in [0.5, 0.6) is 5.75 Å². The molecule has 0 bridgehead atoms. The lowest BCUT2D eigenvalue weighted by molar-refractivity contribution is 0.0500. The molecule has 1 aliphatic rings. The van der Waals surface area contributed by atoms with Gasteiger partial charge in [-0.05, 0) is 45.2 Å². The molecule has 2 aromatic rings. The predicted octanol–water partition coefficient (Wildman–Crippen LogP) is 4.88. The number of nitrogens with zero attached hydrogens (tertiary/aromatic N) is 1. The van der Waals surface area contributed by atoms with Crippen molar-refractivity contribution in [3.63, 3.8) is 0 Å². The monoisotopic (exact) mass is 396 g/mol. The molecule has 1 aromatic carbocycles. The Morgan fingerprint density at radius 2 is 1.96 bits per heavy atom. The minimum absolute atomic E-state index is 0.0202. The largest absolute Gasteiger partial charge is 0.494 e. The predicted molar refractivity (Wildman–Crippen MR) is 106 cm³/mol. The van der Waals surface area contributed by atoms with Gasteiger partial charge in [0.2, 0.25) is 5.82 Å². The van der Waals surface area contributed by atoms with Crippen molar-refractivity contribution in [1.29, 1.82) is 0 Å². The second kappa shape index (κ2) is 11.5. The minimum atomic E-state index is -0.940. The summed E-state index contributed by atoms with van der Waals surface area (Å²) in [5.41, 5.74) is 1.58. The molecular formula is C21H30F2N2O3. The lowest BCUT2D eigenvalue weighted by Gasteiger charge is -2.12. The van der Waals surface area contributed by atoms with E-state index < -0.39 is 11.6 Å². The van der Waals surface area contributed by atoms with Crippen LogP contribution in [0.2, 0.25) is 0 Å². The van der Waals surface area contributed by atoms with Crippen LogP contribution in [0.25, 0.3) is 0 Å². The van der Waals surface area contributed by atoms with Gasteiger partial charge in [-0.25, -0.2) is 9.37 Å². The van der Waals surface area contributed by atoms with Gasteiger partial charge in [-0.3, -0.25) is 4.79 Å². The quantitative estimate of drug-likeness (QED) is 0.803. The highest BCUT2D eigenvalue weighted by molar-refractivity contribution is 5.24. The Kier molecular flexibility index (Phi) is 9.79. The Balaban J connectivity index is 0.000000281. The normalized spacial score (nSPS) is 17.9. The molecule has 1 aliphatic heterocycles. The van der Waals surface area contributed by atoms with Gasteiger partial charge in [-0.1, -0.05) is 26.8 Å². The lowest BCUT2D eigenvalue weighted by Crippen LogP contribution is -2.20. The van der Waals surface area contributed by atoms with E-state index in [0.29, 0.717) is 5.82 Å². The number of hydrogen-bond acceptors (Lipinski definition) is 4. The van der Waals surface area contributed by atoms with Gasteiger partial charge >= 0.3 is 0 Å². The molecule has 2 unspecified atom stereocenters.